The highest BCUT2D eigenvalue weighted by Crippen LogP contribution is 2.51. The zero-order valence-corrected chi connectivity index (χ0v) is 43.5. The van der Waals surface area contributed by atoms with E-state index in [1.807, 2.05) is 6.92 Å². The number of fused-ring (bicyclic) bond motifs is 13. The summed E-state index contributed by atoms with van der Waals surface area (Å²) in [5.41, 5.74) is -1.07. The minimum Gasteiger partial charge on any atom is -0.507 e. The summed E-state index contributed by atoms with van der Waals surface area (Å²) in [6.45, 7) is 24.0. The number of aliphatic hydroxyl groups excluding tert-OH is 2. The number of likely N-dealkylation sites (tertiary alicyclic amines) is 1. The minimum absolute atomic E-state index is 0.0427. The van der Waals surface area contributed by atoms with E-state index in [1.165, 1.54) is 20.3 Å². The van der Waals surface area contributed by atoms with Crippen LogP contribution in [-0.2, 0) is 19.0 Å². The lowest BCUT2D eigenvalue weighted by atomic mass is 9.78. The van der Waals surface area contributed by atoms with Crippen molar-refractivity contribution in [3.8, 4) is 17.2 Å². The molecule has 8 rings (SSSR count). The van der Waals surface area contributed by atoms with E-state index in [0.717, 1.165) is 6.54 Å². The maximum absolute atomic E-state index is 14.9. The number of phenols is 2. The number of amides is 2. The van der Waals surface area contributed by atoms with Crippen molar-refractivity contribution >= 4 is 34.2 Å². The molecule has 6 N–H and O–H groups in total. The monoisotopic (exact) mass is 989 g/mol. The van der Waals surface area contributed by atoms with Gasteiger partial charge in [0.05, 0.1) is 46.8 Å². The van der Waals surface area contributed by atoms with Crippen molar-refractivity contribution in [1.82, 2.24) is 14.7 Å². The Hall–Kier alpha value is -5.11. The summed E-state index contributed by atoms with van der Waals surface area (Å²) < 4.78 is 24.9. The SMILES string of the molecule is CO[C@H]1/C=C/O[C@@]2(C)Oc3c(C)c(O)c4c(O)c(c5c(c4c3C2=O)NC2(CCN(CC(C)C)CC2)N=5)=NC(=O)/C(C)=C\C=C\[C@H](C)[C@H](O)[C@@H](C)[C@@H](O)[C@@H](C)[C@H](OC(=O)N2CCN(CC(C)(C)O)CC2)[C@@H]1C. The molecule has 2 amide bonds. The molecule has 2 fully saturated rings. The average molecular weight is 989 g/mol. The van der Waals surface area contributed by atoms with Crippen molar-refractivity contribution in [2.45, 2.75) is 130 Å². The zero-order valence-electron chi connectivity index (χ0n) is 43.5. The predicted molar refractivity (Wildman–Crippen MR) is 267 cm³/mol. The van der Waals surface area contributed by atoms with E-state index in [2.05, 4.69) is 34.0 Å². The normalized spacial score (nSPS) is 31.6. The van der Waals surface area contributed by atoms with Gasteiger partial charge in [0, 0.05) is 119 Å². The van der Waals surface area contributed by atoms with Gasteiger partial charge in [-0.3, -0.25) is 19.5 Å². The molecule has 1 spiro atoms. The van der Waals surface area contributed by atoms with Crippen molar-refractivity contribution in [3.05, 3.63) is 58.0 Å². The number of piperazine rings is 1. The van der Waals surface area contributed by atoms with Crippen LogP contribution in [0.3, 0.4) is 0 Å². The van der Waals surface area contributed by atoms with Gasteiger partial charge in [-0.1, -0.05) is 59.8 Å². The molecule has 0 aromatic heterocycles. The standard InChI is InChI=1S/C53H76N6O12/c1-28(2)26-57-19-17-53(18-20-57)55-39-36-37-44(62)34(8)47-38(36)48(64)52(11,71-47)69-25-16-35(68-12)31(5)46(70-50(66)59-23-21-58(22-24-59)27-51(9,10)67)33(7)43(61)32(6)42(60)29(3)14-13-15-30(4)49(65)54-41(45(37)63)40(39)56-53/h13-16,25,28-29,31-33,35,42-43,46,55,60-63,67H,17-24,26-27H2,1-12H3/b14-13+,25-16+,30-15-,54-41?/t29-,31+,32+,33+,35-,42-,43+,46+,52-/m0/s1. The van der Waals surface area contributed by atoms with Crippen LogP contribution in [-0.4, -0.2) is 159 Å². The van der Waals surface area contributed by atoms with Crippen LogP contribution in [0.25, 0.3) is 10.8 Å². The molecule has 390 valence electrons. The molecule has 18 nitrogen and oxygen atoms in total. The number of allylic oxidation sites excluding steroid dienone is 2. The molecule has 5 bridgehead atoms. The second kappa shape index (κ2) is 20.8. The van der Waals surface area contributed by atoms with E-state index in [-0.39, 0.29) is 49.7 Å². The predicted octanol–water partition coefficient (Wildman–Crippen LogP) is 4.71. The topological polar surface area (TPSA) is 236 Å². The van der Waals surface area contributed by atoms with Gasteiger partial charge in [-0.2, -0.15) is 0 Å². The molecule has 2 aromatic carbocycles. The molecule has 6 aliphatic heterocycles. The number of hydrogen-bond donors (Lipinski definition) is 6. The third-order valence-electron chi connectivity index (χ3n) is 15.1. The van der Waals surface area contributed by atoms with Crippen LogP contribution >= 0.6 is 0 Å². The Morgan fingerprint density at radius 2 is 1.58 bits per heavy atom. The molecule has 0 unspecified atom stereocenters. The highest BCUT2D eigenvalue weighted by atomic mass is 16.7. The number of ketones is 1. The first kappa shape index (κ1) is 53.7. The van der Waals surface area contributed by atoms with E-state index < -0.39 is 88.7 Å². The second-order valence-corrected chi connectivity index (χ2v) is 21.8. The summed E-state index contributed by atoms with van der Waals surface area (Å²) >= 11 is 0. The lowest BCUT2D eigenvalue weighted by molar-refractivity contribution is -0.114. The Bertz CT molecular complexity index is 2590. The van der Waals surface area contributed by atoms with Gasteiger partial charge in [0.25, 0.3) is 11.7 Å². The van der Waals surface area contributed by atoms with E-state index in [0.29, 0.717) is 70.3 Å². The first-order chi connectivity index (χ1) is 33.3. The summed E-state index contributed by atoms with van der Waals surface area (Å²) in [6, 6.07) is 0. The van der Waals surface area contributed by atoms with Crippen molar-refractivity contribution in [1.29, 1.82) is 0 Å². The highest BCUT2D eigenvalue weighted by Gasteiger charge is 2.51. The number of methoxy groups -OCH3 is 1. The molecule has 0 aliphatic carbocycles. The van der Waals surface area contributed by atoms with Crippen LogP contribution in [0.2, 0.25) is 0 Å². The number of ether oxygens (including phenoxy) is 4. The van der Waals surface area contributed by atoms with Gasteiger partial charge in [-0.15, -0.1) is 0 Å². The summed E-state index contributed by atoms with van der Waals surface area (Å²) in [6.07, 6.45) is 4.23. The molecule has 2 aromatic rings. The molecule has 6 aliphatic rings. The molecular weight excluding hydrogens is 913 g/mol. The Morgan fingerprint density at radius 1 is 0.915 bits per heavy atom. The number of nitrogens with one attached hydrogen (secondary N) is 1. The Balaban J connectivity index is 1.31. The Kier molecular flexibility index (Phi) is 15.7. The van der Waals surface area contributed by atoms with Crippen molar-refractivity contribution in [2.24, 2.45) is 39.6 Å². The number of rotatable bonds is 6. The van der Waals surface area contributed by atoms with Crippen molar-refractivity contribution < 1.29 is 58.9 Å². The van der Waals surface area contributed by atoms with Gasteiger partial charge in [0.2, 0.25) is 0 Å². The summed E-state index contributed by atoms with van der Waals surface area (Å²) in [7, 11) is 1.48. The number of β-amino-alcohol motifs (C(OH)–C–C–N with tert-alkyl or cyclic N) is 1. The fourth-order valence-corrected chi connectivity index (χ4v) is 10.9. The third kappa shape index (κ3) is 10.8. The Morgan fingerprint density at radius 3 is 2.20 bits per heavy atom. The van der Waals surface area contributed by atoms with Crippen LogP contribution in [0, 0.1) is 36.5 Å². The number of aliphatic hydroxyl groups is 3. The number of Topliss-reactive ketones (excluding diaryl/α,β-unsaturated/α-hetero) is 1. The van der Waals surface area contributed by atoms with Crippen LogP contribution in [0.4, 0.5) is 10.5 Å². The summed E-state index contributed by atoms with van der Waals surface area (Å²) in [5.74, 6) is -6.34. The minimum atomic E-state index is -1.99. The molecule has 6 heterocycles. The first-order valence-corrected chi connectivity index (χ1v) is 25.1. The number of carbonyl (C=O) groups is 3. The number of carbonyl (C=O) groups excluding carboxylic acids is 3. The number of piperidine rings is 1. The van der Waals surface area contributed by atoms with Crippen molar-refractivity contribution in [3.63, 3.8) is 0 Å². The molecule has 71 heavy (non-hydrogen) atoms. The van der Waals surface area contributed by atoms with E-state index >= 15 is 0 Å². The van der Waals surface area contributed by atoms with Gasteiger partial charge in [-0.25, -0.2) is 9.79 Å². The molecular formula is C53H76N6O12. The highest BCUT2D eigenvalue weighted by molar-refractivity contribution is 6.21. The summed E-state index contributed by atoms with van der Waals surface area (Å²) in [4.78, 5) is 58.6. The molecule has 2 saturated heterocycles. The molecule has 9 atom stereocenters. The van der Waals surface area contributed by atoms with E-state index in [1.54, 1.807) is 77.7 Å². The van der Waals surface area contributed by atoms with Gasteiger partial charge in [0.15, 0.2) is 5.75 Å². The Labute approximate surface area is 416 Å². The molecule has 0 radical (unpaired) electrons. The number of hydrogen-bond acceptors (Lipinski definition) is 16. The third-order valence-corrected chi connectivity index (χ3v) is 15.1. The van der Waals surface area contributed by atoms with Crippen LogP contribution in [0.15, 0.2) is 46.1 Å². The fraction of sp³-hybridized carbons (Fsp3) is 0.642. The van der Waals surface area contributed by atoms with Gasteiger partial charge < -0.3 is 59.6 Å². The summed E-state index contributed by atoms with van der Waals surface area (Å²) in [5, 5.41) is 61.8. The van der Waals surface area contributed by atoms with E-state index in [4.69, 9.17) is 23.9 Å². The van der Waals surface area contributed by atoms with Crippen LogP contribution in [0.1, 0.15) is 98.0 Å². The average Bonchev–Trinajstić information content (AvgIpc) is 3.81. The lowest BCUT2D eigenvalue weighted by Crippen LogP contribution is -2.53. The molecule has 18 heteroatoms. The van der Waals surface area contributed by atoms with Gasteiger partial charge >= 0.3 is 11.9 Å². The number of benzene rings is 2. The number of aromatic hydroxyl groups is 2. The zero-order chi connectivity index (χ0) is 52.1. The van der Waals surface area contributed by atoms with Crippen molar-refractivity contribution in [2.75, 3.05) is 64.8 Å². The fourth-order valence-electron chi connectivity index (χ4n) is 10.9. The largest absolute Gasteiger partial charge is 0.507 e. The van der Waals surface area contributed by atoms with Crippen LogP contribution in [0.5, 0.6) is 17.2 Å². The lowest BCUT2D eigenvalue weighted by Gasteiger charge is -2.40. The maximum Gasteiger partial charge on any atom is 0.410 e. The smallest absolute Gasteiger partial charge is 0.410 e. The quantitative estimate of drug-likeness (QED) is 0.215. The second-order valence-electron chi connectivity index (χ2n) is 21.8. The number of anilines is 1. The molecule has 0 saturated carbocycles. The number of phenolic OH excluding ortho intramolecular Hbond substituents is 2. The first-order valence-electron chi connectivity index (χ1n) is 25.1. The maximum atomic E-state index is 14.9. The van der Waals surface area contributed by atoms with E-state index in [9.17, 15) is 39.9 Å². The van der Waals surface area contributed by atoms with Crippen LogP contribution < -0.4 is 20.8 Å². The van der Waals surface area contributed by atoms with Gasteiger partial charge in [-0.05, 0) is 39.7 Å². The number of nitrogens with zero attached hydrogens (tertiary/aromatic N) is 5. The van der Waals surface area contributed by atoms with Gasteiger partial charge in [0.1, 0.15) is 34.0 Å².